The van der Waals surface area contributed by atoms with Gasteiger partial charge < -0.3 is 0 Å². The minimum atomic E-state index is -0.960. The smallest absolute Gasteiger partial charge is 0.205 e. The van der Waals surface area contributed by atoms with Gasteiger partial charge in [0.2, 0.25) is 5.78 Å². The van der Waals surface area contributed by atoms with E-state index in [1.54, 1.807) is 48.4 Å². The van der Waals surface area contributed by atoms with Gasteiger partial charge in [-0.3, -0.25) is 19.7 Å². The van der Waals surface area contributed by atoms with Crippen molar-refractivity contribution in [3.05, 3.63) is 59.8 Å². The Hall–Kier alpha value is -2.98. The number of pyridine rings is 1. The summed E-state index contributed by atoms with van der Waals surface area (Å²) in [5.74, 6) is -1.33. The lowest BCUT2D eigenvalue weighted by Crippen LogP contribution is -2.13. The quantitative estimate of drug-likeness (QED) is 0.687. The van der Waals surface area contributed by atoms with Crippen LogP contribution in [-0.4, -0.2) is 25.7 Å². The van der Waals surface area contributed by atoms with Crippen LogP contribution >= 0.6 is 11.3 Å². The fourth-order valence-electron chi connectivity index (χ4n) is 1.87. The molecule has 0 bridgehead atoms. The van der Waals surface area contributed by atoms with Gasteiger partial charge >= 0.3 is 0 Å². The number of rotatable bonds is 4. The van der Waals surface area contributed by atoms with Crippen molar-refractivity contribution in [3.63, 3.8) is 0 Å². The number of carbonyl (C=O) groups is 1. The molecule has 0 radical (unpaired) electrons. The highest BCUT2D eigenvalue weighted by atomic mass is 32.1. The first-order valence-corrected chi connectivity index (χ1v) is 7.24. The predicted octanol–water partition coefficient (Wildman–Crippen LogP) is 2.49. The standard InChI is InChI=1S/C15H9N5OS/c16-7-10(11-3-1-2-4-18-11)14(21)13-9-22-15(20-13)12-8-17-5-6-19-12/h1-6,8-10H/t10-/m0/s1. The summed E-state index contributed by atoms with van der Waals surface area (Å²) in [7, 11) is 0. The third-order valence-corrected chi connectivity index (χ3v) is 3.78. The Bertz CT molecular complexity index is 826. The summed E-state index contributed by atoms with van der Waals surface area (Å²) in [4.78, 5) is 28.9. The molecule has 3 aromatic heterocycles. The van der Waals surface area contributed by atoms with Gasteiger partial charge in [-0.2, -0.15) is 5.26 Å². The molecule has 3 aromatic rings. The van der Waals surface area contributed by atoms with Gasteiger partial charge in [-0.1, -0.05) is 6.07 Å². The lowest BCUT2D eigenvalue weighted by Gasteiger charge is -2.04. The molecule has 0 saturated carbocycles. The average molecular weight is 307 g/mol. The van der Waals surface area contributed by atoms with Crippen molar-refractivity contribution in [3.8, 4) is 16.8 Å². The Morgan fingerprint density at radius 3 is 2.82 bits per heavy atom. The number of carbonyl (C=O) groups excluding carboxylic acids is 1. The molecule has 3 rings (SSSR count). The highest BCUT2D eigenvalue weighted by Crippen LogP contribution is 2.24. The molecule has 0 spiro atoms. The molecule has 22 heavy (non-hydrogen) atoms. The summed E-state index contributed by atoms with van der Waals surface area (Å²) in [5, 5.41) is 11.5. The molecule has 6 nitrogen and oxygen atoms in total. The molecular formula is C15H9N5OS. The van der Waals surface area contributed by atoms with E-state index in [2.05, 4.69) is 19.9 Å². The van der Waals surface area contributed by atoms with Crippen molar-refractivity contribution in [1.29, 1.82) is 5.26 Å². The lowest BCUT2D eigenvalue weighted by atomic mass is 9.99. The van der Waals surface area contributed by atoms with Crippen LogP contribution in [0.5, 0.6) is 0 Å². The fourth-order valence-corrected chi connectivity index (χ4v) is 2.64. The number of nitriles is 1. The monoisotopic (exact) mass is 307 g/mol. The van der Waals surface area contributed by atoms with Crippen molar-refractivity contribution in [2.45, 2.75) is 5.92 Å². The van der Waals surface area contributed by atoms with Crippen LogP contribution in [0.4, 0.5) is 0 Å². The zero-order chi connectivity index (χ0) is 15.4. The van der Waals surface area contributed by atoms with Crippen molar-refractivity contribution in [2.24, 2.45) is 0 Å². The number of nitrogens with zero attached hydrogens (tertiary/aromatic N) is 5. The molecule has 0 aliphatic heterocycles. The van der Waals surface area contributed by atoms with Crippen LogP contribution in [-0.2, 0) is 0 Å². The Morgan fingerprint density at radius 1 is 1.23 bits per heavy atom. The maximum atomic E-state index is 12.5. The molecule has 0 fully saturated rings. The second-order valence-corrected chi connectivity index (χ2v) is 5.17. The second-order valence-electron chi connectivity index (χ2n) is 4.31. The van der Waals surface area contributed by atoms with Gasteiger partial charge in [-0.05, 0) is 12.1 Å². The highest BCUT2D eigenvalue weighted by molar-refractivity contribution is 7.13. The minimum absolute atomic E-state index is 0.239. The minimum Gasteiger partial charge on any atom is -0.290 e. The molecule has 0 aliphatic carbocycles. The summed E-state index contributed by atoms with van der Waals surface area (Å²) >= 11 is 1.29. The first kappa shape index (κ1) is 14.0. The zero-order valence-electron chi connectivity index (χ0n) is 11.2. The number of Topliss-reactive ketones (excluding diaryl/α,β-unsaturated/α-hetero) is 1. The van der Waals surface area contributed by atoms with E-state index in [9.17, 15) is 10.1 Å². The van der Waals surface area contributed by atoms with Crippen molar-refractivity contribution in [1.82, 2.24) is 19.9 Å². The summed E-state index contributed by atoms with van der Waals surface area (Å²) < 4.78 is 0. The third kappa shape index (κ3) is 2.73. The van der Waals surface area contributed by atoms with E-state index in [0.29, 0.717) is 16.4 Å². The first-order chi connectivity index (χ1) is 10.8. The summed E-state index contributed by atoms with van der Waals surface area (Å²) in [6.45, 7) is 0. The van der Waals surface area contributed by atoms with Gasteiger partial charge in [-0.15, -0.1) is 11.3 Å². The number of thiazole rings is 1. The number of hydrogen-bond donors (Lipinski definition) is 0. The molecule has 0 aliphatic rings. The van der Waals surface area contributed by atoms with Gasteiger partial charge in [0.15, 0.2) is 5.92 Å². The van der Waals surface area contributed by atoms with Crippen LogP contribution in [0.2, 0.25) is 0 Å². The van der Waals surface area contributed by atoms with Gasteiger partial charge in [0.25, 0.3) is 0 Å². The SMILES string of the molecule is N#C[C@H](C(=O)c1csc(-c2cnccn2)n1)c1ccccn1. The average Bonchev–Trinajstić information content (AvgIpc) is 3.07. The molecule has 7 heteroatoms. The van der Waals surface area contributed by atoms with Crippen LogP contribution in [0, 0.1) is 11.3 Å². The van der Waals surface area contributed by atoms with E-state index < -0.39 is 5.92 Å². The normalized spacial score (nSPS) is 11.6. The van der Waals surface area contributed by atoms with E-state index in [1.807, 2.05) is 6.07 Å². The Morgan fingerprint density at radius 2 is 2.14 bits per heavy atom. The number of hydrogen-bond acceptors (Lipinski definition) is 7. The second kappa shape index (κ2) is 6.20. The van der Waals surface area contributed by atoms with Crippen LogP contribution in [0.3, 0.4) is 0 Å². The van der Waals surface area contributed by atoms with Crippen LogP contribution in [0.1, 0.15) is 22.1 Å². The van der Waals surface area contributed by atoms with Gasteiger partial charge in [0.05, 0.1) is 18.0 Å². The maximum Gasteiger partial charge on any atom is 0.205 e. The van der Waals surface area contributed by atoms with Crippen molar-refractivity contribution in [2.75, 3.05) is 0 Å². The van der Waals surface area contributed by atoms with E-state index in [0.717, 1.165) is 0 Å². The van der Waals surface area contributed by atoms with Crippen LogP contribution in [0.15, 0.2) is 48.4 Å². The largest absolute Gasteiger partial charge is 0.290 e. The number of aromatic nitrogens is 4. The highest BCUT2D eigenvalue weighted by Gasteiger charge is 2.25. The molecule has 106 valence electrons. The molecule has 0 amide bonds. The van der Waals surface area contributed by atoms with Crippen molar-refractivity contribution >= 4 is 17.1 Å². The molecule has 1 atom stereocenters. The predicted molar refractivity (Wildman–Crippen MR) is 80.1 cm³/mol. The first-order valence-electron chi connectivity index (χ1n) is 6.36. The van der Waals surface area contributed by atoms with E-state index in [-0.39, 0.29) is 11.5 Å². The van der Waals surface area contributed by atoms with Gasteiger partial charge in [0, 0.05) is 24.0 Å². The zero-order valence-corrected chi connectivity index (χ0v) is 12.1. The lowest BCUT2D eigenvalue weighted by molar-refractivity contribution is 0.0973. The summed E-state index contributed by atoms with van der Waals surface area (Å²) in [6, 6.07) is 7.12. The Balaban J connectivity index is 1.90. The van der Waals surface area contributed by atoms with Crippen molar-refractivity contribution < 1.29 is 4.79 Å². The molecule has 0 unspecified atom stereocenters. The molecular weight excluding hydrogens is 298 g/mol. The fraction of sp³-hybridized carbons (Fsp3) is 0.0667. The van der Waals surface area contributed by atoms with Gasteiger partial charge in [-0.25, -0.2) is 4.98 Å². The summed E-state index contributed by atoms with van der Waals surface area (Å²) in [6.07, 6.45) is 6.26. The van der Waals surface area contributed by atoms with E-state index in [1.165, 1.54) is 11.3 Å². The molecule has 0 saturated heterocycles. The topological polar surface area (TPSA) is 92.4 Å². The van der Waals surface area contributed by atoms with E-state index >= 15 is 0 Å². The molecule has 0 N–H and O–H groups in total. The van der Waals surface area contributed by atoms with Gasteiger partial charge in [0.1, 0.15) is 16.4 Å². The van der Waals surface area contributed by atoms with Crippen LogP contribution < -0.4 is 0 Å². The van der Waals surface area contributed by atoms with E-state index in [4.69, 9.17) is 0 Å². The molecule has 0 aromatic carbocycles. The third-order valence-electron chi connectivity index (χ3n) is 2.91. The Labute approximate surface area is 130 Å². The maximum absolute atomic E-state index is 12.5. The summed E-state index contributed by atoms with van der Waals surface area (Å²) in [5.41, 5.74) is 1.25. The number of ketones is 1. The van der Waals surface area contributed by atoms with Crippen LogP contribution in [0.25, 0.3) is 10.7 Å². The molecule has 3 heterocycles. The Kier molecular flexibility index (Phi) is 3.94.